The molecule has 0 spiro atoms. The van der Waals surface area contributed by atoms with Gasteiger partial charge in [-0.3, -0.25) is 0 Å². The Labute approximate surface area is 108 Å². The molecule has 0 aliphatic heterocycles. The minimum Gasteiger partial charge on any atom is -0.355 e. The lowest BCUT2D eigenvalue weighted by Crippen LogP contribution is -2.27. The first kappa shape index (κ1) is 13.0. The lowest BCUT2D eigenvalue weighted by atomic mass is 10.3. The van der Waals surface area contributed by atoms with E-state index in [1.54, 1.807) is 0 Å². The Kier molecular flexibility index (Phi) is 6.25. The van der Waals surface area contributed by atoms with Crippen molar-refractivity contribution >= 4 is 37.7 Å². The summed E-state index contributed by atoms with van der Waals surface area (Å²) in [6.07, 6.45) is 4.26. The van der Waals surface area contributed by atoms with Crippen LogP contribution in [-0.2, 0) is 0 Å². The standard InChI is InChI=1S/C11H16Br2N2/c1-2-3-8-15(9-6-12)11-10(13)5-4-7-14-11/h4-5,7H,2-3,6,8-9H2,1H3. The smallest absolute Gasteiger partial charge is 0.142 e. The normalized spacial score (nSPS) is 10.3. The fraction of sp³-hybridized carbons (Fsp3) is 0.545. The van der Waals surface area contributed by atoms with Crippen LogP contribution in [0.25, 0.3) is 0 Å². The van der Waals surface area contributed by atoms with Gasteiger partial charge in [0.2, 0.25) is 0 Å². The van der Waals surface area contributed by atoms with Crippen LogP contribution in [0.2, 0.25) is 0 Å². The maximum Gasteiger partial charge on any atom is 0.142 e. The van der Waals surface area contributed by atoms with Gasteiger partial charge in [0.25, 0.3) is 0 Å². The van der Waals surface area contributed by atoms with Crippen LogP contribution in [0.1, 0.15) is 19.8 Å². The van der Waals surface area contributed by atoms with Gasteiger partial charge in [0.15, 0.2) is 0 Å². The number of rotatable bonds is 6. The van der Waals surface area contributed by atoms with Crippen molar-refractivity contribution in [3.8, 4) is 0 Å². The highest BCUT2D eigenvalue weighted by Gasteiger charge is 2.09. The molecule has 0 amide bonds. The first-order valence-electron chi connectivity index (χ1n) is 5.21. The summed E-state index contributed by atoms with van der Waals surface area (Å²) in [7, 11) is 0. The Morgan fingerprint density at radius 2 is 2.20 bits per heavy atom. The third kappa shape index (κ3) is 4.11. The third-order valence-corrected chi connectivity index (χ3v) is 3.15. The maximum absolute atomic E-state index is 4.41. The molecule has 0 fully saturated rings. The highest BCUT2D eigenvalue weighted by atomic mass is 79.9. The van der Waals surface area contributed by atoms with Crippen LogP contribution in [0.3, 0.4) is 0 Å². The third-order valence-electron chi connectivity index (χ3n) is 2.17. The van der Waals surface area contributed by atoms with Crippen LogP contribution < -0.4 is 4.90 Å². The van der Waals surface area contributed by atoms with Gasteiger partial charge in [-0.05, 0) is 34.5 Å². The second-order valence-electron chi connectivity index (χ2n) is 3.34. The summed E-state index contributed by atoms with van der Waals surface area (Å²) in [5.41, 5.74) is 0. The van der Waals surface area contributed by atoms with Gasteiger partial charge in [0.05, 0.1) is 4.47 Å². The molecule has 4 heteroatoms. The zero-order valence-corrected chi connectivity index (χ0v) is 12.1. The summed E-state index contributed by atoms with van der Waals surface area (Å²) in [5.74, 6) is 1.05. The quantitative estimate of drug-likeness (QED) is 0.734. The zero-order valence-electron chi connectivity index (χ0n) is 8.92. The van der Waals surface area contributed by atoms with Crippen molar-refractivity contribution in [1.29, 1.82) is 0 Å². The maximum atomic E-state index is 4.41. The highest BCUT2D eigenvalue weighted by Crippen LogP contribution is 2.23. The molecule has 0 bridgehead atoms. The van der Waals surface area contributed by atoms with Gasteiger partial charge in [0.1, 0.15) is 5.82 Å². The summed E-state index contributed by atoms with van der Waals surface area (Å²) >= 11 is 7.02. The first-order valence-corrected chi connectivity index (χ1v) is 7.12. The molecular weight excluding hydrogens is 320 g/mol. The van der Waals surface area contributed by atoms with Gasteiger partial charge in [-0.1, -0.05) is 29.3 Å². The predicted molar refractivity (Wildman–Crippen MR) is 72.9 cm³/mol. The Balaban J connectivity index is 2.74. The summed E-state index contributed by atoms with van der Waals surface area (Å²) < 4.78 is 1.07. The van der Waals surface area contributed by atoms with E-state index in [1.165, 1.54) is 12.8 Å². The lowest BCUT2D eigenvalue weighted by Gasteiger charge is -2.23. The average Bonchev–Trinajstić information content (AvgIpc) is 2.25. The van der Waals surface area contributed by atoms with Gasteiger partial charge < -0.3 is 4.90 Å². The van der Waals surface area contributed by atoms with Crippen LogP contribution in [-0.4, -0.2) is 23.4 Å². The van der Waals surface area contributed by atoms with Gasteiger partial charge in [-0.2, -0.15) is 0 Å². The van der Waals surface area contributed by atoms with E-state index in [0.29, 0.717) is 0 Å². The number of unbranched alkanes of at least 4 members (excludes halogenated alkanes) is 1. The number of pyridine rings is 1. The number of hydrogen-bond donors (Lipinski definition) is 0. The molecule has 0 atom stereocenters. The summed E-state index contributed by atoms with van der Waals surface area (Å²) in [4.78, 5) is 6.72. The van der Waals surface area contributed by atoms with E-state index in [-0.39, 0.29) is 0 Å². The molecule has 0 aliphatic carbocycles. The van der Waals surface area contributed by atoms with Crippen molar-refractivity contribution in [3.05, 3.63) is 22.8 Å². The Morgan fingerprint density at radius 1 is 1.40 bits per heavy atom. The molecule has 0 unspecified atom stereocenters. The molecule has 84 valence electrons. The number of halogens is 2. The van der Waals surface area contributed by atoms with Gasteiger partial charge in [-0.25, -0.2) is 4.98 Å². The van der Waals surface area contributed by atoms with E-state index >= 15 is 0 Å². The first-order chi connectivity index (χ1) is 7.29. The van der Waals surface area contributed by atoms with E-state index < -0.39 is 0 Å². The minimum atomic E-state index is 0.972. The molecule has 0 aliphatic rings. The highest BCUT2D eigenvalue weighted by molar-refractivity contribution is 9.10. The van der Waals surface area contributed by atoms with E-state index in [1.807, 2.05) is 18.3 Å². The van der Waals surface area contributed by atoms with Crippen molar-refractivity contribution in [2.24, 2.45) is 0 Å². The molecule has 0 saturated carbocycles. The number of nitrogens with zero attached hydrogens (tertiary/aromatic N) is 2. The molecular formula is C11H16Br2N2. The van der Waals surface area contributed by atoms with Crippen molar-refractivity contribution < 1.29 is 0 Å². The molecule has 1 heterocycles. The summed E-state index contributed by atoms with van der Waals surface area (Å²) in [6.45, 7) is 4.27. The van der Waals surface area contributed by atoms with E-state index in [4.69, 9.17) is 0 Å². The molecule has 15 heavy (non-hydrogen) atoms. The molecule has 0 saturated heterocycles. The van der Waals surface area contributed by atoms with E-state index in [2.05, 4.69) is 48.7 Å². The van der Waals surface area contributed by atoms with Crippen LogP contribution in [0, 0.1) is 0 Å². The lowest BCUT2D eigenvalue weighted by molar-refractivity contribution is 0.726. The van der Waals surface area contributed by atoms with Crippen LogP contribution in [0.5, 0.6) is 0 Å². The summed E-state index contributed by atoms with van der Waals surface area (Å²) in [5, 5.41) is 0.972. The van der Waals surface area contributed by atoms with Gasteiger partial charge in [-0.15, -0.1) is 0 Å². The van der Waals surface area contributed by atoms with Crippen molar-refractivity contribution in [3.63, 3.8) is 0 Å². The molecule has 2 nitrogen and oxygen atoms in total. The Morgan fingerprint density at radius 3 is 2.80 bits per heavy atom. The molecule has 0 aromatic carbocycles. The van der Waals surface area contributed by atoms with Gasteiger partial charge >= 0.3 is 0 Å². The molecule has 0 N–H and O–H groups in total. The summed E-state index contributed by atoms with van der Waals surface area (Å²) in [6, 6.07) is 3.98. The fourth-order valence-electron chi connectivity index (χ4n) is 1.38. The molecule has 1 aromatic rings. The Hall–Kier alpha value is -0.0900. The monoisotopic (exact) mass is 334 g/mol. The average molecular weight is 336 g/mol. The van der Waals surface area contributed by atoms with Crippen LogP contribution in [0.15, 0.2) is 22.8 Å². The second-order valence-corrected chi connectivity index (χ2v) is 4.99. The predicted octanol–water partition coefficient (Wildman–Crippen LogP) is 3.85. The Bertz CT molecular complexity index is 292. The number of aromatic nitrogens is 1. The van der Waals surface area contributed by atoms with Crippen molar-refractivity contribution in [2.45, 2.75) is 19.8 Å². The fourth-order valence-corrected chi connectivity index (χ4v) is 2.32. The van der Waals surface area contributed by atoms with Crippen molar-refractivity contribution in [2.75, 3.05) is 23.3 Å². The largest absolute Gasteiger partial charge is 0.355 e. The zero-order chi connectivity index (χ0) is 11.1. The molecule has 0 radical (unpaired) electrons. The van der Waals surface area contributed by atoms with E-state index in [9.17, 15) is 0 Å². The number of hydrogen-bond acceptors (Lipinski definition) is 2. The van der Waals surface area contributed by atoms with Crippen LogP contribution in [0.4, 0.5) is 5.82 Å². The topological polar surface area (TPSA) is 16.1 Å². The minimum absolute atomic E-state index is 0.972. The van der Waals surface area contributed by atoms with E-state index in [0.717, 1.165) is 28.7 Å². The van der Waals surface area contributed by atoms with Gasteiger partial charge in [0, 0.05) is 24.6 Å². The number of anilines is 1. The van der Waals surface area contributed by atoms with Crippen molar-refractivity contribution in [1.82, 2.24) is 4.98 Å². The number of alkyl halides is 1. The second kappa shape index (κ2) is 7.23. The molecule has 1 aromatic heterocycles. The van der Waals surface area contributed by atoms with Crippen LogP contribution >= 0.6 is 31.9 Å². The SMILES string of the molecule is CCCCN(CCBr)c1ncccc1Br. The molecule has 1 rings (SSSR count).